The van der Waals surface area contributed by atoms with Crippen LogP contribution < -0.4 is 0 Å². The number of aliphatic hydroxyl groups excluding tert-OH is 1. The van der Waals surface area contributed by atoms with E-state index in [1.165, 1.54) is 56.9 Å². The zero-order valence-electron chi connectivity index (χ0n) is 19.3. The Bertz CT molecular complexity index is 786. The maximum absolute atomic E-state index is 12.6. The lowest BCUT2D eigenvalue weighted by Crippen LogP contribution is -2.37. The first kappa shape index (κ1) is 23.7. The second-order valence-electron chi connectivity index (χ2n) is 9.20. The molecule has 1 aliphatic heterocycles. The van der Waals surface area contributed by atoms with Crippen molar-refractivity contribution in [1.29, 1.82) is 0 Å². The summed E-state index contributed by atoms with van der Waals surface area (Å²) < 4.78 is 0. The van der Waals surface area contributed by atoms with E-state index in [-0.39, 0.29) is 17.9 Å². The van der Waals surface area contributed by atoms with E-state index in [1.54, 1.807) is 0 Å². The van der Waals surface area contributed by atoms with Crippen molar-refractivity contribution in [2.45, 2.75) is 89.3 Å². The van der Waals surface area contributed by atoms with Gasteiger partial charge in [0.1, 0.15) is 0 Å². The smallest absolute Gasteiger partial charge is 0.193 e. The van der Waals surface area contributed by atoms with Crippen LogP contribution in [0.2, 0.25) is 0 Å². The third-order valence-corrected chi connectivity index (χ3v) is 6.89. The minimum absolute atomic E-state index is 0.0555. The van der Waals surface area contributed by atoms with Crippen LogP contribution in [0, 0.1) is 0 Å². The summed E-state index contributed by atoms with van der Waals surface area (Å²) in [5.41, 5.74) is 2.61. The molecule has 0 aliphatic carbocycles. The number of carbonyl (C=O) groups excluding carboxylic acids is 1. The molecule has 0 radical (unpaired) electrons. The Morgan fingerprint density at radius 2 is 1.52 bits per heavy atom. The summed E-state index contributed by atoms with van der Waals surface area (Å²) in [4.78, 5) is 15.0. The number of rotatable bonds is 12. The summed E-state index contributed by atoms with van der Waals surface area (Å²) in [6.07, 6.45) is 11.9. The summed E-state index contributed by atoms with van der Waals surface area (Å²) >= 11 is 0. The number of nitrogens with zero attached hydrogens (tertiary/aromatic N) is 1. The minimum Gasteiger partial charge on any atom is -0.391 e. The zero-order valence-corrected chi connectivity index (χ0v) is 19.3. The molecule has 0 amide bonds. The van der Waals surface area contributed by atoms with Crippen LogP contribution in [-0.2, 0) is 6.42 Å². The number of carbonyl (C=O) groups is 1. The van der Waals surface area contributed by atoms with Crippen molar-refractivity contribution in [1.82, 2.24) is 4.90 Å². The van der Waals surface area contributed by atoms with Crippen LogP contribution in [0.3, 0.4) is 0 Å². The van der Waals surface area contributed by atoms with E-state index in [2.05, 4.69) is 18.9 Å². The molecule has 3 nitrogen and oxygen atoms in total. The summed E-state index contributed by atoms with van der Waals surface area (Å²) in [6, 6.07) is 18.0. The zero-order chi connectivity index (χ0) is 22.1. The molecule has 1 heterocycles. The van der Waals surface area contributed by atoms with E-state index in [0.29, 0.717) is 11.6 Å². The number of ketones is 1. The van der Waals surface area contributed by atoms with Crippen LogP contribution in [0.15, 0.2) is 54.6 Å². The lowest BCUT2D eigenvalue weighted by atomic mass is 9.98. The van der Waals surface area contributed by atoms with Crippen molar-refractivity contribution < 1.29 is 9.90 Å². The first-order valence-electron chi connectivity index (χ1n) is 12.2. The molecule has 1 N–H and O–H groups in total. The molecule has 0 saturated carbocycles. The van der Waals surface area contributed by atoms with Gasteiger partial charge in [-0.15, -0.1) is 0 Å². The van der Waals surface area contributed by atoms with Crippen molar-refractivity contribution in [2.75, 3.05) is 7.05 Å². The van der Waals surface area contributed by atoms with Crippen LogP contribution in [0.25, 0.3) is 0 Å². The second kappa shape index (κ2) is 12.2. The quantitative estimate of drug-likeness (QED) is 0.336. The van der Waals surface area contributed by atoms with Gasteiger partial charge in [0.05, 0.1) is 6.10 Å². The summed E-state index contributed by atoms with van der Waals surface area (Å²) in [5, 5.41) is 10.7. The molecule has 31 heavy (non-hydrogen) atoms. The molecular weight excluding hydrogens is 382 g/mol. The van der Waals surface area contributed by atoms with Gasteiger partial charge >= 0.3 is 0 Å². The van der Waals surface area contributed by atoms with Crippen molar-refractivity contribution in [3.63, 3.8) is 0 Å². The van der Waals surface area contributed by atoms with E-state index < -0.39 is 0 Å². The Labute approximate surface area is 188 Å². The number of likely N-dealkylation sites (tertiary alicyclic amines) is 1. The highest BCUT2D eigenvalue weighted by atomic mass is 16.3. The molecule has 3 atom stereocenters. The number of benzene rings is 2. The number of hydrogen-bond acceptors (Lipinski definition) is 3. The van der Waals surface area contributed by atoms with E-state index >= 15 is 0 Å². The third kappa shape index (κ3) is 6.75. The lowest BCUT2D eigenvalue weighted by Gasteiger charge is -2.26. The first-order valence-corrected chi connectivity index (χ1v) is 12.2. The molecule has 1 aliphatic rings. The monoisotopic (exact) mass is 421 g/mol. The minimum atomic E-state index is -0.273. The van der Waals surface area contributed by atoms with Gasteiger partial charge in [0.2, 0.25) is 0 Å². The highest BCUT2D eigenvalue weighted by molar-refractivity contribution is 6.08. The van der Waals surface area contributed by atoms with Gasteiger partial charge in [0.25, 0.3) is 0 Å². The Balaban J connectivity index is 1.47. The van der Waals surface area contributed by atoms with E-state index in [4.69, 9.17) is 0 Å². The van der Waals surface area contributed by atoms with Gasteiger partial charge in [-0.05, 0) is 31.9 Å². The van der Waals surface area contributed by atoms with E-state index in [1.807, 2.05) is 54.6 Å². The average molecular weight is 422 g/mol. The second-order valence-corrected chi connectivity index (χ2v) is 9.20. The van der Waals surface area contributed by atoms with Gasteiger partial charge in [-0.3, -0.25) is 9.69 Å². The number of likely N-dealkylation sites (N-methyl/N-ethyl adjacent to an activating group) is 1. The SMILES string of the molecule is CCCCCCCCC[C@@H]1C[C@@H](O)[C@H](Cc2ccc(C(=O)c3ccccc3)cc2)N1C. The van der Waals surface area contributed by atoms with Crippen LogP contribution in [0.5, 0.6) is 0 Å². The molecule has 1 fully saturated rings. The van der Waals surface area contributed by atoms with Crippen molar-refractivity contribution >= 4 is 5.78 Å². The Kier molecular flexibility index (Phi) is 9.30. The molecule has 0 unspecified atom stereocenters. The molecule has 0 aromatic heterocycles. The molecule has 168 valence electrons. The fourth-order valence-electron chi connectivity index (χ4n) is 4.87. The van der Waals surface area contributed by atoms with Gasteiger partial charge in [-0.1, -0.05) is 106 Å². The largest absolute Gasteiger partial charge is 0.391 e. The summed E-state index contributed by atoms with van der Waals surface area (Å²) in [6.45, 7) is 2.26. The van der Waals surface area contributed by atoms with Gasteiger partial charge in [0, 0.05) is 23.2 Å². The predicted octanol–water partition coefficient (Wildman–Crippen LogP) is 6.03. The van der Waals surface area contributed by atoms with Gasteiger partial charge in [-0.25, -0.2) is 0 Å². The topological polar surface area (TPSA) is 40.5 Å². The molecular formula is C28H39NO2. The Morgan fingerprint density at radius 3 is 2.19 bits per heavy atom. The van der Waals surface area contributed by atoms with Gasteiger partial charge in [0.15, 0.2) is 5.78 Å². The number of hydrogen-bond donors (Lipinski definition) is 1. The molecule has 2 aromatic rings. The molecule has 3 heteroatoms. The number of aliphatic hydroxyl groups is 1. The van der Waals surface area contributed by atoms with Crippen molar-refractivity contribution in [3.05, 3.63) is 71.3 Å². The average Bonchev–Trinajstić information content (AvgIpc) is 3.06. The van der Waals surface area contributed by atoms with Crippen molar-refractivity contribution in [2.24, 2.45) is 0 Å². The fourth-order valence-corrected chi connectivity index (χ4v) is 4.87. The predicted molar refractivity (Wildman–Crippen MR) is 129 cm³/mol. The molecule has 1 saturated heterocycles. The van der Waals surface area contributed by atoms with Crippen molar-refractivity contribution in [3.8, 4) is 0 Å². The Morgan fingerprint density at radius 1 is 0.903 bits per heavy atom. The normalized spacial score (nSPS) is 21.5. The molecule has 0 spiro atoms. The van der Waals surface area contributed by atoms with Crippen LogP contribution >= 0.6 is 0 Å². The van der Waals surface area contributed by atoms with Crippen LogP contribution in [0.1, 0.15) is 86.2 Å². The van der Waals surface area contributed by atoms with Crippen LogP contribution in [-0.4, -0.2) is 41.0 Å². The summed E-state index contributed by atoms with van der Waals surface area (Å²) in [5.74, 6) is 0.0555. The first-order chi connectivity index (χ1) is 15.1. The van der Waals surface area contributed by atoms with Gasteiger partial charge in [-0.2, -0.15) is 0 Å². The molecule has 0 bridgehead atoms. The lowest BCUT2D eigenvalue weighted by molar-refractivity contribution is 0.103. The summed E-state index contributed by atoms with van der Waals surface area (Å²) in [7, 11) is 2.17. The van der Waals surface area contributed by atoms with Gasteiger partial charge < -0.3 is 5.11 Å². The molecule has 2 aromatic carbocycles. The molecule has 3 rings (SSSR count). The highest BCUT2D eigenvalue weighted by Crippen LogP contribution is 2.29. The standard InChI is InChI=1S/C28H39NO2/c1-3-4-5-6-7-8-12-15-25-21-27(30)26(29(25)2)20-22-16-18-24(19-17-22)28(31)23-13-10-9-11-14-23/h9-11,13-14,16-19,25-27,30H,3-8,12,15,20-21H2,1-2H3/t25-,26+,27-/m1/s1. The fraction of sp³-hybridized carbons (Fsp3) is 0.536. The maximum atomic E-state index is 12.6. The highest BCUT2D eigenvalue weighted by Gasteiger charge is 2.37. The Hall–Kier alpha value is -1.97. The third-order valence-electron chi connectivity index (χ3n) is 6.89. The van der Waals surface area contributed by atoms with E-state index in [0.717, 1.165) is 18.4 Å². The van der Waals surface area contributed by atoms with E-state index in [9.17, 15) is 9.90 Å². The van der Waals surface area contributed by atoms with Crippen LogP contribution in [0.4, 0.5) is 0 Å². The number of unbranched alkanes of at least 4 members (excludes halogenated alkanes) is 6. The maximum Gasteiger partial charge on any atom is 0.193 e.